The van der Waals surface area contributed by atoms with Gasteiger partial charge >= 0.3 is 0 Å². The Labute approximate surface area is 188 Å². The minimum atomic E-state index is -0.378. The highest BCUT2D eigenvalue weighted by atomic mass is 35.5. The summed E-state index contributed by atoms with van der Waals surface area (Å²) < 4.78 is 5.77. The molecule has 0 aliphatic carbocycles. The zero-order chi connectivity index (χ0) is 21.3. The van der Waals surface area contributed by atoms with Gasteiger partial charge in [0.15, 0.2) is 0 Å². The zero-order valence-electron chi connectivity index (χ0n) is 16.0. The summed E-state index contributed by atoms with van der Waals surface area (Å²) in [6.07, 6.45) is 1.73. The second kappa shape index (κ2) is 8.72. The molecule has 1 aliphatic heterocycles. The molecular formula is C23H17Cl2NO3S. The third-order valence-electron chi connectivity index (χ3n) is 4.76. The van der Waals surface area contributed by atoms with Gasteiger partial charge in [-0.15, -0.1) is 0 Å². The van der Waals surface area contributed by atoms with Gasteiger partial charge in [0.05, 0.1) is 18.1 Å². The maximum absolute atomic E-state index is 13.0. The van der Waals surface area contributed by atoms with Crippen LogP contribution in [-0.4, -0.2) is 22.7 Å². The number of amides is 2. The molecule has 30 heavy (non-hydrogen) atoms. The molecule has 0 spiro atoms. The van der Waals surface area contributed by atoms with Crippen molar-refractivity contribution in [3.63, 3.8) is 0 Å². The van der Waals surface area contributed by atoms with E-state index in [1.165, 1.54) is 0 Å². The summed E-state index contributed by atoms with van der Waals surface area (Å²) in [6.45, 7) is 2.42. The van der Waals surface area contributed by atoms with E-state index in [4.69, 9.17) is 27.9 Å². The maximum atomic E-state index is 13.0. The first-order valence-electron chi connectivity index (χ1n) is 9.32. The molecule has 0 bridgehead atoms. The Hall–Kier alpha value is -2.47. The molecule has 1 heterocycles. The summed E-state index contributed by atoms with van der Waals surface area (Å²) >= 11 is 13.3. The van der Waals surface area contributed by atoms with Crippen molar-refractivity contribution in [3.05, 3.63) is 80.7 Å². The summed E-state index contributed by atoms with van der Waals surface area (Å²) in [6, 6.07) is 16.8. The molecule has 2 amide bonds. The first kappa shape index (κ1) is 20.8. The maximum Gasteiger partial charge on any atom is 0.293 e. The molecular weight excluding hydrogens is 441 g/mol. The molecule has 1 saturated heterocycles. The summed E-state index contributed by atoms with van der Waals surface area (Å²) in [7, 11) is 0. The van der Waals surface area contributed by atoms with Crippen LogP contribution < -0.4 is 4.74 Å². The predicted molar refractivity (Wildman–Crippen MR) is 123 cm³/mol. The quantitative estimate of drug-likeness (QED) is 0.396. The molecule has 0 atom stereocenters. The Morgan fingerprint density at radius 2 is 1.73 bits per heavy atom. The molecule has 1 aliphatic rings. The van der Waals surface area contributed by atoms with Gasteiger partial charge in [-0.05, 0) is 53.7 Å². The minimum absolute atomic E-state index is 0.0222. The number of carbonyl (C=O) groups excluding carboxylic acids is 2. The first-order chi connectivity index (χ1) is 14.5. The molecule has 0 radical (unpaired) electrons. The summed E-state index contributed by atoms with van der Waals surface area (Å²) in [5.74, 6) is 0.286. The van der Waals surface area contributed by atoms with Gasteiger partial charge in [0.1, 0.15) is 5.75 Å². The van der Waals surface area contributed by atoms with Crippen LogP contribution in [0.2, 0.25) is 10.0 Å². The molecule has 7 heteroatoms. The van der Waals surface area contributed by atoms with E-state index in [-0.39, 0.29) is 17.7 Å². The van der Waals surface area contributed by atoms with Crippen molar-refractivity contribution in [3.8, 4) is 5.75 Å². The molecule has 3 aromatic rings. The highest BCUT2D eigenvalue weighted by Gasteiger charge is 2.36. The normalized spacial score (nSPS) is 15.4. The molecule has 4 nitrogen and oxygen atoms in total. The number of hydrogen-bond acceptors (Lipinski definition) is 4. The van der Waals surface area contributed by atoms with Crippen LogP contribution in [0.1, 0.15) is 18.1 Å². The first-order valence-corrected chi connectivity index (χ1v) is 10.9. The predicted octanol–water partition coefficient (Wildman–Crippen LogP) is 6.78. The van der Waals surface area contributed by atoms with Crippen LogP contribution in [0.5, 0.6) is 5.75 Å². The van der Waals surface area contributed by atoms with Gasteiger partial charge in [0.25, 0.3) is 11.1 Å². The standard InChI is InChI=1S/C23H17Cl2NO3S/c1-2-29-20-11-10-14-6-3-4-7-15(14)16(20)12-21-22(27)26(23(28)30-21)13-17-18(24)8-5-9-19(17)25/h3-12H,2,13H2,1H3/b21-12-. The highest BCUT2D eigenvalue weighted by molar-refractivity contribution is 8.18. The summed E-state index contributed by atoms with van der Waals surface area (Å²) in [4.78, 5) is 27.1. The van der Waals surface area contributed by atoms with Crippen LogP contribution in [0, 0.1) is 0 Å². The van der Waals surface area contributed by atoms with Crippen molar-refractivity contribution in [1.29, 1.82) is 0 Å². The molecule has 152 valence electrons. The fraction of sp³-hybridized carbons (Fsp3) is 0.130. The average molecular weight is 458 g/mol. The Kier molecular flexibility index (Phi) is 6.04. The molecule has 0 aromatic heterocycles. The van der Waals surface area contributed by atoms with Crippen molar-refractivity contribution in [2.24, 2.45) is 0 Å². The number of hydrogen-bond donors (Lipinski definition) is 0. The molecule has 0 unspecified atom stereocenters. The van der Waals surface area contributed by atoms with E-state index in [0.717, 1.165) is 33.0 Å². The van der Waals surface area contributed by atoms with Gasteiger partial charge in [-0.1, -0.05) is 59.6 Å². The minimum Gasteiger partial charge on any atom is -0.493 e. The molecule has 3 aromatic carbocycles. The van der Waals surface area contributed by atoms with Gasteiger partial charge in [-0.2, -0.15) is 0 Å². The fourth-order valence-corrected chi connectivity index (χ4v) is 4.65. The largest absolute Gasteiger partial charge is 0.493 e. The van der Waals surface area contributed by atoms with E-state index in [1.54, 1.807) is 24.3 Å². The number of thioether (sulfide) groups is 1. The van der Waals surface area contributed by atoms with Crippen LogP contribution in [0.15, 0.2) is 59.5 Å². The van der Waals surface area contributed by atoms with Crippen LogP contribution in [0.3, 0.4) is 0 Å². The van der Waals surface area contributed by atoms with Gasteiger partial charge in [-0.25, -0.2) is 0 Å². The number of carbonyl (C=O) groups is 2. The van der Waals surface area contributed by atoms with Crippen molar-refractivity contribution < 1.29 is 14.3 Å². The van der Waals surface area contributed by atoms with Crippen molar-refractivity contribution >= 4 is 63.0 Å². The second-order valence-corrected chi connectivity index (χ2v) is 8.41. The van der Waals surface area contributed by atoms with E-state index in [2.05, 4.69) is 0 Å². The number of fused-ring (bicyclic) bond motifs is 1. The van der Waals surface area contributed by atoms with Gasteiger partial charge in [0, 0.05) is 21.2 Å². The zero-order valence-corrected chi connectivity index (χ0v) is 18.4. The molecule has 1 fully saturated rings. The number of benzene rings is 3. The molecule has 4 rings (SSSR count). The van der Waals surface area contributed by atoms with E-state index >= 15 is 0 Å². The average Bonchev–Trinajstić information content (AvgIpc) is 2.99. The van der Waals surface area contributed by atoms with Crippen LogP contribution in [0.4, 0.5) is 4.79 Å². The fourth-order valence-electron chi connectivity index (χ4n) is 3.31. The topological polar surface area (TPSA) is 46.6 Å². The van der Waals surface area contributed by atoms with Gasteiger partial charge in [-0.3, -0.25) is 14.5 Å². The second-order valence-electron chi connectivity index (χ2n) is 6.60. The third-order valence-corrected chi connectivity index (χ3v) is 6.37. The Morgan fingerprint density at radius 3 is 2.47 bits per heavy atom. The lowest BCUT2D eigenvalue weighted by Crippen LogP contribution is -2.27. The number of imide groups is 1. The van der Waals surface area contributed by atoms with Gasteiger partial charge < -0.3 is 4.74 Å². The van der Waals surface area contributed by atoms with E-state index in [9.17, 15) is 9.59 Å². The van der Waals surface area contributed by atoms with Crippen LogP contribution in [-0.2, 0) is 11.3 Å². The number of nitrogens with zero attached hydrogens (tertiary/aromatic N) is 1. The Bertz CT molecular complexity index is 1170. The Morgan fingerprint density at radius 1 is 1.00 bits per heavy atom. The number of rotatable bonds is 5. The Balaban J connectivity index is 1.73. The smallest absolute Gasteiger partial charge is 0.293 e. The monoisotopic (exact) mass is 457 g/mol. The van der Waals surface area contributed by atoms with Crippen LogP contribution in [0.25, 0.3) is 16.8 Å². The summed E-state index contributed by atoms with van der Waals surface area (Å²) in [5, 5.41) is 2.44. The van der Waals surface area contributed by atoms with Gasteiger partial charge in [0.2, 0.25) is 0 Å². The van der Waals surface area contributed by atoms with E-state index in [0.29, 0.717) is 32.9 Å². The number of ether oxygens (including phenoxy) is 1. The van der Waals surface area contributed by atoms with Crippen molar-refractivity contribution in [2.45, 2.75) is 13.5 Å². The lowest BCUT2D eigenvalue weighted by molar-refractivity contribution is -0.123. The van der Waals surface area contributed by atoms with Crippen LogP contribution >= 0.6 is 35.0 Å². The van der Waals surface area contributed by atoms with Crippen molar-refractivity contribution in [1.82, 2.24) is 4.90 Å². The van der Waals surface area contributed by atoms with E-state index in [1.807, 2.05) is 43.3 Å². The highest BCUT2D eigenvalue weighted by Crippen LogP contribution is 2.38. The molecule has 0 saturated carbocycles. The number of halogens is 2. The molecule has 0 N–H and O–H groups in total. The van der Waals surface area contributed by atoms with Crippen molar-refractivity contribution in [2.75, 3.05) is 6.61 Å². The third kappa shape index (κ3) is 3.93. The SMILES string of the molecule is CCOc1ccc2ccccc2c1/C=C1\SC(=O)N(Cc2c(Cl)cccc2Cl)C1=O. The lowest BCUT2D eigenvalue weighted by Gasteiger charge is -2.15. The summed E-state index contributed by atoms with van der Waals surface area (Å²) in [5.41, 5.74) is 1.32. The van der Waals surface area contributed by atoms with E-state index < -0.39 is 0 Å². The lowest BCUT2D eigenvalue weighted by atomic mass is 10.0.